The van der Waals surface area contributed by atoms with E-state index < -0.39 is 120 Å². The maximum atomic E-state index is 15.3. The lowest BCUT2D eigenvalue weighted by Crippen LogP contribution is -2.56. The zero-order chi connectivity index (χ0) is 40.6. The second-order valence-corrected chi connectivity index (χ2v) is 15.7. The summed E-state index contributed by atoms with van der Waals surface area (Å²) in [6, 6.07) is 6.12. The molecule has 12 nitrogen and oxygen atoms in total. The van der Waals surface area contributed by atoms with E-state index in [0.717, 1.165) is 4.90 Å². The predicted octanol–water partition coefficient (Wildman–Crippen LogP) is 5.18. The fourth-order valence-electron chi connectivity index (χ4n) is 7.97. The van der Waals surface area contributed by atoms with Gasteiger partial charge in [-0.3, -0.25) is 38.5 Å². The van der Waals surface area contributed by atoms with E-state index >= 15 is 8.78 Å². The topological polar surface area (TPSA) is 181 Å². The number of carboxylic acid groups (broad SMARTS) is 1. The van der Waals surface area contributed by atoms with Crippen LogP contribution in [0.4, 0.5) is 8.78 Å². The molecule has 1 aromatic carbocycles. The summed E-state index contributed by atoms with van der Waals surface area (Å²) < 4.78 is 30.5. The third-order valence-corrected chi connectivity index (χ3v) is 11.1. The molecule has 1 aliphatic carbocycles. The number of nitrogens with zero attached hydrogens (tertiary/aromatic N) is 3. The number of alkyl halides is 2. The van der Waals surface area contributed by atoms with E-state index in [-0.39, 0.29) is 37.3 Å². The largest absolute Gasteiger partial charge is 0.481 e. The van der Waals surface area contributed by atoms with Crippen LogP contribution in [-0.4, -0.2) is 85.4 Å². The quantitative estimate of drug-likeness (QED) is 0.135. The molecule has 0 radical (unpaired) electrons. The Kier molecular flexibility index (Phi) is 14.6. The van der Waals surface area contributed by atoms with Crippen molar-refractivity contribution in [2.45, 2.75) is 104 Å². The zero-order valence-electron chi connectivity index (χ0n) is 32.1. The van der Waals surface area contributed by atoms with Crippen LogP contribution in [0, 0.1) is 41.4 Å². The number of likely N-dealkylation sites (tertiary alicyclic amines) is 1. The lowest BCUT2D eigenvalue weighted by atomic mass is 9.82. The fraction of sp³-hybridized carbons (Fsp3) is 0.585. The summed E-state index contributed by atoms with van der Waals surface area (Å²) in [5.74, 6) is -14.9. The molecule has 2 aliphatic rings. The molecule has 1 aliphatic heterocycles. The van der Waals surface area contributed by atoms with Gasteiger partial charge < -0.3 is 15.3 Å². The summed E-state index contributed by atoms with van der Waals surface area (Å²) in [6.07, 6.45) is 2.82. The van der Waals surface area contributed by atoms with Crippen molar-refractivity contribution in [3.63, 3.8) is 0 Å². The number of carbonyl (C=O) groups is 7. The van der Waals surface area contributed by atoms with Gasteiger partial charge in [0, 0.05) is 62.4 Å². The first-order valence-electron chi connectivity index (χ1n) is 19.1. The molecule has 0 bridgehead atoms. The van der Waals surface area contributed by atoms with Gasteiger partial charge in [-0.25, -0.2) is 13.8 Å². The van der Waals surface area contributed by atoms with Crippen LogP contribution in [-0.2, 0) is 35.2 Å². The minimum Gasteiger partial charge on any atom is -0.481 e. The van der Waals surface area contributed by atoms with Crippen LogP contribution >= 0.6 is 0 Å². The van der Waals surface area contributed by atoms with E-state index in [1.165, 1.54) is 18.6 Å². The van der Waals surface area contributed by atoms with Crippen molar-refractivity contribution in [1.82, 2.24) is 20.2 Å². The number of amides is 2. The highest BCUT2D eigenvalue weighted by Gasteiger charge is 2.61. The standard InChI is InChI=1S/C41H52F2N4O8/c1-6-10-26(37(51)34(50)19-27(40(54)55)17-25-11-8-7-9-12-25)18-33(49)36-28-13-14-41(42,43)30(28)22-47(36)39(53)35(24(4)5)46-38(52)29(23(2)3)20-32(48)31-21-44-15-16-45-31/h7-9,11-12,15-16,21,23-24,26-30,35-36H,6,10,13-14,17-20,22H2,1-5H3,(H,46,52)(H,54,55)/t26?,27-,28+,29-,30+,35+,36+/m1/s1. The highest BCUT2D eigenvalue weighted by atomic mass is 19.3. The molecule has 14 heteroatoms. The Balaban J connectivity index is 1.54. The van der Waals surface area contributed by atoms with E-state index in [4.69, 9.17) is 0 Å². The molecule has 0 spiro atoms. The van der Waals surface area contributed by atoms with Gasteiger partial charge in [-0.2, -0.15) is 0 Å². The second kappa shape index (κ2) is 18.7. The number of aliphatic carboxylic acids is 1. The molecule has 1 aromatic heterocycles. The molecule has 7 atom stereocenters. The number of rotatable bonds is 20. The van der Waals surface area contributed by atoms with Gasteiger partial charge in [0.15, 0.2) is 17.3 Å². The molecule has 2 amide bonds. The van der Waals surface area contributed by atoms with Gasteiger partial charge in [-0.05, 0) is 42.6 Å². The smallest absolute Gasteiger partial charge is 0.307 e. The van der Waals surface area contributed by atoms with Crippen molar-refractivity contribution < 1.29 is 47.4 Å². The maximum absolute atomic E-state index is 15.3. The van der Waals surface area contributed by atoms with E-state index in [0.29, 0.717) is 12.0 Å². The average molecular weight is 767 g/mol. The Hall–Kier alpha value is -4.75. The normalized spacial score (nSPS) is 21.0. The Labute approximate surface area is 320 Å². The van der Waals surface area contributed by atoms with Crippen LogP contribution in [0.2, 0.25) is 0 Å². The van der Waals surface area contributed by atoms with Crippen LogP contribution in [0.15, 0.2) is 48.9 Å². The van der Waals surface area contributed by atoms with Crippen molar-refractivity contribution in [3.05, 3.63) is 60.2 Å². The van der Waals surface area contributed by atoms with Gasteiger partial charge in [0.1, 0.15) is 11.7 Å². The molecule has 2 heterocycles. The highest BCUT2D eigenvalue weighted by molar-refractivity contribution is 6.38. The third-order valence-electron chi connectivity index (χ3n) is 11.1. The minimum absolute atomic E-state index is 0.0203. The van der Waals surface area contributed by atoms with Gasteiger partial charge in [-0.1, -0.05) is 71.4 Å². The van der Waals surface area contributed by atoms with Crippen LogP contribution in [0.25, 0.3) is 0 Å². The Morgan fingerprint density at radius 2 is 1.64 bits per heavy atom. The molecule has 1 saturated heterocycles. The number of carbonyl (C=O) groups excluding carboxylic acids is 6. The minimum atomic E-state index is -3.16. The molecule has 2 fully saturated rings. The van der Waals surface area contributed by atoms with Crippen molar-refractivity contribution in [2.75, 3.05) is 6.54 Å². The number of halogens is 2. The van der Waals surface area contributed by atoms with E-state index in [2.05, 4.69) is 15.3 Å². The monoisotopic (exact) mass is 766 g/mol. The molecular formula is C41H52F2N4O8. The summed E-state index contributed by atoms with van der Waals surface area (Å²) in [5, 5.41) is 12.6. The Bertz CT molecular complexity index is 1720. The third kappa shape index (κ3) is 10.5. The molecule has 4 rings (SSSR count). The summed E-state index contributed by atoms with van der Waals surface area (Å²) in [4.78, 5) is 103. The van der Waals surface area contributed by atoms with Crippen LogP contribution < -0.4 is 5.32 Å². The number of carboxylic acids is 1. The summed E-state index contributed by atoms with van der Waals surface area (Å²) >= 11 is 0. The molecule has 298 valence electrons. The molecule has 1 saturated carbocycles. The van der Waals surface area contributed by atoms with E-state index in [9.17, 15) is 38.7 Å². The van der Waals surface area contributed by atoms with Gasteiger partial charge in [0.25, 0.3) is 5.92 Å². The van der Waals surface area contributed by atoms with Gasteiger partial charge in [-0.15, -0.1) is 0 Å². The van der Waals surface area contributed by atoms with Crippen LogP contribution in [0.5, 0.6) is 0 Å². The highest BCUT2D eigenvalue weighted by Crippen LogP contribution is 2.51. The van der Waals surface area contributed by atoms with Crippen molar-refractivity contribution >= 4 is 40.9 Å². The zero-order valence-corrected chi connectivity index (χ0v) is 32.1. The number of nitrogens with one attached hydrogen (secondary N) is 1. The summed E-state index contributed by atoms with van der Waals surface area (Å²) in [5.41, 5.74) is 0.759. The number of aromatic nitrogens is 2. The summed E-state index contributed by atoms with van der Waals surface area (Å²) in [7, 11) is 0. The van der Waals surface area contributed by atoms with Gasteiger partial charge in [0.2, 0.25) is 17.6 Å². The first-order valence-corrected chi connectivity index (χ1v) is 19.1. The number of benzene rings is 1. The predicted molar refractivity (Wildman–Crippen MR) is 197 cm³/mol. The maximum Gasteiger partial charge on any atom is 0.307 e. The van der Waals surface area contributed by atoms with E-state index in [1.54, 1.807) is 65.0 Å². The Morgan fingerprint density at radius 3 is 2.22 bits per heavy atom. The first kappa shape index (κ1) is 43.0. The van der Waals surface area contributed by atoms with Crippen molar-refractivity contribution in [3.8, 4) is 0 Å². The second-order valence-electron chi connectivity index (χ2n) is 15.7. The SMILES string of the molecule is CCCC(CC(=O)[C@@H]1[C@H]2CCC(F)(F)[C@H]2CN1C(=O)[C@@H](NC(=O)[C@H](CC(=O)c1cnccn1)C(C)C)C(C)C)C(=O)C(=O)C[C@@H](Cc1ccccc1)C(=O)O. The van der Waals surface area contributed by atoms with Gasteiger partial charge >= 0.3 is 5.97 Å². The fourth-order valence-corrected chi connectivity index (χ4v) is 7.97. The van der Waals surface area contributed by atoms with Crippen molar-refractivity contribution in [2.24, 2.45) is 41.4 Å². The molecule has 1 unspecified atom stereocenters. The molecule has 55 heavy (non-hydrogen) atoms. The first-order chi connectivity index (χ1) is 26.0. The number of ketones is 4. The van der Waals surface area contributed by atoms with Gasteiger partial charge in [0.05, 0.1) is 18.2 Å². The lowest BCUT2D eigenvalue weighted by molar-refractivity contribution is -0.147. The summed E-state index contributed by atoms with van der Waals surface area (Å²) in [6.45, 7) is 8.17. The van der Waals surface area contributed by atoms with Crippen LogP contribution in [0.3, 0.4) is 0 Å². The Morgan fingerprint density at radius 1 is 0.945 bits per heavy atom. The van der Waals surface area contributed by atoms with Crippen molar-refractivity contribution in [1.29, 1.82) is 0 Å². The number of hydrogen-bond acceptors (Lipinski definition) is 9. The van der Waals surface area contributed by atoms with Crippen LogP contribution in [0.1, 0.15) is 95.6 Å². The molecule has 2 aromatic rings. The molecular weight excluding hydrogens is 714 g/mol. The lowest BCUT2D eigenvalue weighted by Gasteiger charge is -2.33. The molecule has 2 N–H and O–H groups in total. The number of fused-ring (bicyclic) bond motifs is 1. The number of hydrogen-bond donors (Lipinski definition) is 2. The average Bonchev–Trinajstić information content (AvgIpc) is 3.68. The van der Waals surface area contributed by atoms with E-state index in [1.807, 2.05) is 0 Å². The number of Topliss-reactive ketones (excluding diaryl/α,β-unsaturated/α-hetero) is 4.